The van der Waals surface area contributed by atoms with Gasteiger partial charge in [0.1, 0.15) is 11.3 Å². The number of nitrogens with one attached hydrogen (secondary N) is 1. The summed E-state index contributed by atoms with van der Waals surface area (Å²) < 4.78 is 16.8. The third-order valence-electron chi connectivity index (χ3n) is 5.90. The summed E-state index contributed by atoms with van der Waals surface area (Å²) in [6.45, 7) is 3.10. The lowest BCUT2D eigenvalue weighted by atomic mass is 10.1. The number of halogens is 2. The maximum atomic E-state index is 13.4. The number of fused-ring (bicyclic) bond motifs is 3. The Morgan fingerprint density at radius 3 is 2.71 bits per heavy atom. The predicted molar refractivity (Wildman–Crippen MR) is 131 cm³/mol. The SMILES string of the molecule is CC(NCc1cn(Cc2ccc(F)cc2)c2cnc3c(=O)n(O)ccc3c12)c1c#cc(Br)cc1. The Morgan fingerprint density at radius 2 is 1.97 bits per heavy atom. The molecule has 8 heteroatoms. The number of rotatable bonds is 6. The fourth-order valence-corrected chi connectivity index (χ4v) is 4.33. The molecule has 2 N–H and O–H groups in total. The average Bonchev–Trinajstić information content (AvgIpc) is 3.19. The lowest BCUT2D eigenvalue weighted by molar-refractivity contribution is 0.176. The minimum Gasteiger partial charge on any atom is -0.425 e. The number of aromatic nitrogens is 3. The first-order chi connectivity index (χ1) is 16.4. The smallest absolute Gasteiger partial charge is 0.309 e. The fourth-order valence-electron chi connectivity index (χ4n) is 4.10. The molecule has 0 amide bonds. The molecule has 2 aromatic carbocycles. The van der Waals surface area contributed by atoms with E-state index >= 15 is 0 Å². The van der Waals surface area contributed by atoms with Gasteiger partial charge in [0.2, 0.25) is 0 Å². The van der Waals surface area contributed by atoms with Crippen LogP contribution in [0.15, 0.2) is 70.3 Å². The zero-order valence-corrected chi connectivity index (χ0v) is 19.8. The number of nitrogens with zero attached hydrogens (tertiary/aromatic N) is 3. The van der Waals surface area contributed by atoms with Crippen molar-refractivity contribution in [2.75, 3.05) is 0 Å². The average molecular weight is 519 g/mol. The van der Waals surface area contributed by atoms with Crippen molar-refractivity contribution in [3.63, 3.8) is 0 Å². The third kappa shape index (κ3) is 4.16. The first-order valence-corrected chi connectivity index (χ1v) is 11.5. The molecule has 0 aliphatic heterocycles. The van der Waals surface area contributed by atoms with Crippen molar-refractivity contribution >= 4 is 37.7 Å². The topological polar surface area (TPSA) is 72.1 Å². The van der Waals surface area contributed by atoms with Gasteiger partial charge < -0.3 is 15.1 Å². The van der Waals surface area contributed by atoms with Gasteiger partial charge >= 0.3 is 5.56 Å². The fraction of sp³-hybridized carbons (Fsp3) is 0.154. The van der Waals surface area contributed by atoms with Gasteiger partial charge in [0.05, 0.1) is 16.2 Å². The molecule has 0 saturated carbocycles. The highest BCUT2D eigenvalue weighted by molar-refractivity contribution is 9.10. The molecule has 5 aromatic rings. The summed E-state index contributed by atoms with van der Waals surface area (Å²) in [5, 5.41) is 14.9. The van der Waals surface area contributed by atoms with Gasteiger partial charge in [0.15, 0.2) is 0 Å². The van der Waals surface area contributed by atoms with Gasteiger partial charge in [-0.3, -0.25) is 4.79 Å². The van der Waals surface area contributed by atoms with Gasteiger partial charge in [-0.15, -0.1) is 0 Å². The summed E-state index contributed by atoms with van der Waals surface area (Å²) in [5.74, 6) is -0.282. The van der Waals surface area contributed by atoms with Crippen LogP contribution in [0.4, 0.5) is 4.39 Å². The van der Waals surface area contributed by atoms with Crippen molar-refractivity contribution in [2.45, 2.75) is 26.1 Å². The van der Waals surface area contributed by atoms with Crippen LogP contribution in [0.5, 0.6) is 0 Å². The van der Waals surface area contributed by atoms with Gasteiger partial charge in [-0.25, -0.2) is 9.37 Å². The second kappa shape index (κ2) is 8.93. The Morgan fingerprint density at radius 1 is 1.18 bits per heavy atom. The molecule has 0 saturated heterocycles. The number of pyridine rings is 2. The Labute approximate surface area is 203 Å². The number of hydrogen-bond donors (Lipinski definition) is 2. The van der Waals surface area contributed by atoms with Gasteiger partial charge in [-0.05, 0) is 64.3 Å². The quantitative estimate of drug-likeness (QED) is 0.310. The van der Waals surface area contributed by atoms with E-state index in [1.165, 1.54) is 18.3 Å². The molecular formula is C26H20BrFN4O2. The van der Waals surface area contributed by atoms with Crippen LogP contribution in [0.3, 0.4) is 0 Å². The molecule has 0 spiro atoms. The first-order valence-electron chi connectivity index (χ1n) is 10.7. The molecule has 0 radical (unpaired) electrons. The van der Waals surface area contributed by atoms with Crippen molar-refractivity contribution < 1.29 is 9.60 Å². The summed E-state index contributed by atoms with van der Waals surface area (Å²) in [6, 6.07) is 18.2. The molecule has 3 aromatic heterocycles. The predicted octanol–water partition coefficient (Wildman–Crippen LogP) is 4.99. The van der Waals surface area contributed by atoms with Crippen LogP contribution in [0.25, 0.3) is 21.8 Å². The minimum atomic E-state index is -0.571. The highest BCUT2D eigenvalue weighted by atomic mass is 79.9. The van der Waals surface area contributed by atoms with Gasteiger partial charge in [-0.2, -0.15) is 4.73 Å². The van der Waals surface area contributed by atoms with Crippen LogP contribution >= 0.6 is 15.9 Å². The molecule has 1 unspecified atom stereocenters. The summed E-state index contributed by atoms with van der Waals surface area (Å²) in [6.07, 6.45) is 5.00. The molecule has 6 nitrogen and oxygen atoms in total. The zero-order chi connectivity index (χ0) is 23.8. The van der Waals surface area contributed by atoms with E-state index in [0.29, 0.717) is 23.2 Å². The van der Waals surface area contributed by atoms with Crippen LogP contribution in [0.1, 0.15) is 29.7 Å². The van der Waals surface area contributed by atoms with Gasteiger partial charge in [0.25, 0.3) is 0 Å². The van der Waals surface area contributed by atoms with E-state index in [4.69, 9.17) is 0 Å². The number of benzene rings is 1. The van der Waals surface area contributed by atoms with Crippen LogP contribution < -0.4 is 10.9 Å². The molecule has 34 heavy (non-hydrogen) atoms. The Balaban J connectivity index is 1.57. The normalized spacial score (nSPS) is 12.2. The van der Waals surface area contributed by atoms with Crippen molar-refractivity contribution in [2.24, 2.45) is 0 Å². The molecule has 0 aliphatic rings. The molecule has 0 aliphatic carbocycles. The second-order valence-corrected chi connectivity index (χ2v) is 9.00. The van der Waals surface area contributed by atoms with E-state index in [0.717, 1.165) is 32.1 Å². The maximum Gasteiger partial charge on any atom is 0.309 e. The van der Waals surface area contributed by atoms with Crippen molar-refractivity contribution in [1.82, 2.24) is 19.6 Å². The minimum absolute atomic E-state index is 0.0163. The maximum absolute atomic E-state index is 13.4. The van der Waals surface area contributed by atoms with E-state index in [1.54, 1.807) is 24.4 Å². The van der Waals surface area contributed by atoms with E-state index < -0.39 is 5.56 Å². The highest BCUT2D eigenvalue weighted by Crippen LogP contribution is 2.29. The molecule has 0 fully saturated rings. The molecule has 170 valence electrons. The largest absolute Gasteiger partial charge is 0.425 e. The first kappa shape index (κ1) is 22.1. The van der Waals surface area contributed by atoms with E-state index in [2.05, 4.69) is 45.3 Å². The lowest BCUT2D eigenvalue weighted by Gasteiger charge is -2.12. The zero-order valence-electron chi connectivity index (χ0n) is 18.2. The summed E-state index contributed by atoms with van der Waals surface area (Å²) in [5.41, 5.74) is 3.37. The van der Waals surface area contributed by atoms with Crippen molar-refractivity contribution in [3.05, 3.63) is 111 Å². The van der Waals surface area contributed by atoms with Crippen LogP contribution in [-0.2, 0) is 13.1 Å². The molecule has 3 heterocycles. The highest BCUT2D eigenvalue weighted by Gasteiger charge is 2.16. The Bertz CT molecular complexity index is 1540. The molecular weight excluding hydrogens is 499 g/mol. The Kier molecular flexibility index (Phi) is 5.82. The Hall–Kier alpha value is -3.67. The van der Waals surface area contributed by atoms with E-state index in [9.17, 15) is 14.4 Å². The molecule has 0 bridgehead atoms. The van der Waals surface area contributed by atoms with Gasteiger partial charge in [-0.1, -0.05) is 24.3 Å². The van der Waals surface area contributed by atoms with Crippen LogP contribution in [0.2, 0.25) is 0 Å². The summed E-state index contributed by atoms with van der Waals surface area (Å²) in [7, 11) is 0. The van der Waals surface area contributed by atoms with Crippen molar-refractivity contribution in [1.29, 1.82) is 0 Å². The van der Waals surface area contributed by atoms with Gasteiger partial charge in [0, 0.05) is 47.9 Å². The standard InChI is InChI=1S/C26H20BrFN4O2/c1-16(18-4-6-20(27)7-5-18)29-12-19-15-31(14-17-2-8-21(28)9-3-17)23-13-30-25-22(24(19)23)10-11-32(34)26(25)33/h2-4,6,8-11,13,15-16,29,34H,12,14H2,1H3. The summed E-state index contributed by atoms with van der Waals surface area (Å²) in [4.78, 5) is 16.8. The monoisotopic (exact) mass is 518 g/mol. The second-order valence-electron chi connectivity index (χ2n) is 8.14. The summed E-state index contributed by atoms with van der Waals surface area (Å²) >= 11 is 3.38. The lowest BCUT2D eigenvalue weighted by Crippen LogP contribution is -2.18. The van der Waals surface area contributed by atoms with Crippen molar-refractivity contribution in [3.8, 4) is 0 Å². The molecule has 5 rings (SSSR count). The van der Waals surface area contributed by atoms with Crippen LogP contribution in [0, 0.1) is 17.9 Å². The van der Waals surface area contributed by atoms with E-state index in [-0.39, 0.29) is 17.4 Å². The molecule has 1 atom stereocenters. The number of hydrogen-bond acceptors (Lipinski definition) is 4. The van der Waals surface area contributed by atoms with E-state index in [1.807, 2.05) is 22.9 Å². The third-order valence-corrected chi connectivity index (χ3v) is 6.36. The van der Waals surface area contributed by atoms with Crippen LogP contribution in [-0.4, -0.2) is 19.5 Å².